The van der Waals surface area contributed by atoms with E-state index in [-0.39, 0.29) is 12.6 Å². The zero-order valence-electron chi connectivity index (χ0n) is 8.57. The molecule has 3 nitrogen and oxygen atoms in total. The highest BCUT2D eigenvalue weighted by molar-refractivity contribution is 9.10. The molecule has 0 amide bonds. The molecule has 0 saturated carbocycles. The van der Waals surface area contributed by atoms with Crippen molar-refractivity contribution >= 4 is 15.9 Å². The van der Waals surface area contributed by atoms with Crippen molar-refractivity contribution in [3.63, 3.8) is 0 Å². The second-order valence-electron chi connectivity index (χ2n) is 3.72. The Morgan fingerprint density at radius 2 is 2.21 bits per heavy atom. The van der Waals surface area contributed by atoms with Crippen molar-refractivity contribution in [2.24, 2.45) is 5.73 Å². The molecule has 0 bridgehead atoms. The maximum Gasteiger partial charge on any atom is 0.0852 e. The lowest BCUT2D eigenvalue weighted by atomic mass is 10.1. The fourth-order valence-corrected chi connectivity index (χ4v) is 2.15. The van der Waals surface area contributed by atoms with E-state index in [1.54, 1.807) is 0 Å². The van der Waals surface area contributed by atoms with Crippen molar-refractivity contribution in [1.29, 1.82) is 0 Å². The van der Waals surface area contributed by atoms with E-state index < -0.39 is 0 Å². The lowest BCUT2D eigenvalue weighted by Gasteiger charge is -2.09. The number of aliphatic hydroxyl groups is 1. The fraction of sp³-hybridized carbons (Fsp3) is 0.600. The first-order valence-corrected chi connectivity index (χ1v) is 5.59. The van der Waals surface area contributed by atoms with Crippen LogP contribution in [-0.2, 0) is 0 Å². The van der Waals surface area contributed by atoms with Gasteiger partial charge in [0, 0.05) is 24.9 Å². The van der Waals surface area contributed by atoms with Crippen molar-refractivity contribution in [2.45, 2.75) is 32.4 Å². The molecule has 0 aliphatic rings. The molecule has 80 valence electrons. The third kappa shape index (κ3) is 2.59. The summed E-state index contributed by atoms with van der Waals surface area (Å²) in [6.07, 6.45) is 2.64. The standard InChI is InChI=1S/C10H17BrN2O/c1-7(2)13-6-8(5-10(13)11)9(12)3-4-14/h5-7,9,14H,3-4,12H2,1-2H3. The number of aromatic nitrogens is 1. The number of nitrogens with two attached hydrogens (primary N) is 1. The van der Waals surface area contributed by atoms with E-state index in [4.69, 9.17) is 10.8 Å². The molecule has 0 saturated heterocycles. The van der Waals surface area contributed by atoms with E-state index in [9.17, 15) is 0 Å². The molecule has 0 aliphatic heterocycles. The topological polar surface area (TPSA) is 51.2 Å². The van der Waals surface area contributed by atoms with Gasteiger partial charge in [-0.3, -0.25) is 0 Å². The fourth-order valence-electron chi connectivity index (χ4n) is 1.38. The Hall–Kier alpha value is -0.320. The SMILES string of the molecule is CC(C)n1cc(C(N)CCO)cc1Br. The van der Waals surface area contributed by atoms with Crippen LogP contribution in [0.1, 0.15) is 37.9 Å². The van der Waals surface area contributed by atoms with E-state index >= 15 is 0 Å². The van der Waals surface area contributed by atoms with Gasteiger partial charge in [0.05, 0.1) is 4.60 Å². The van der Waals surface area contributed by atoms with Gasteiger partial charge in [0.25, 0.3) is 0 Å². The molecule has 0 aliphatic carbocycles. The molecule has 1 unspecified atom stereocenters. The van der Waals surface area contributed by atoms with Gasteiger partial charge in [0.2, 0.25) is 0 Å². The van der Waals surface area contributed by atoms with Crippen molar-refractivity contribution in [2.75, 3.05) is 6.61 Å². The quantitative estimate of drug-likeness (QED) is 0.873. The summed E-state index contributed by atoms with van der Waals surface area (Å²) in [5, 5.41) is 8.78. The highest BCUT2D eigenvalue weighted by atomic mass is 79.9. The average molecular weight is 261 g/mol. The summed E-state index contributed by atoms with van der Waals surface area (Å²) in [5.41, 5.74) is 6.96. The van der Waals surface area contributed by atoms with Crippen molar-refractivity contribution in [3.05, 3.63) is 22.4 Å². The molecule has 0 aromatic carbocycles. The molecule has 0 spiro atoms. The van der Waals surface area contributed by atoms with Crippen LogP contribution in [0.3, 0.4) is 0 Å². The predicted octanol–water partition coefficient (Wildman–Crippen LogP) is 2.21. The third-order valence-corrected chi connectivity index (χ3v) is 2.88. The van der Waals surface area contributed by atoms with Crippen molar-refractivity contribution < 1.29 is 5.11 Å². The minimum atomic E-state index is -0.0729. The van der Waals surface area contributed by atoms with Gasteiger partial charge in [-0.05, 0) is 47.8 Å². The van der Waals surface area contributed by atoms with Gasteiger partial charge < -0.3 is 15.4 Å². The lowest BCUT2D eigenvalue weighted by Crippen LogP contribution is -2.11. The number of halogens is 1. The van der Waals surface area contributed by atoms with Crippen LogP contribution in [0.15, 0.2) is 16.9 Å². The number of hydrogen-bond donors (Lipinski definition) is 2. The number of rotatable bonds is 4. The molecule has 1 rings (SSSR count). The summed E-state index contributed by atoms with van der Waals surface area (Å²) in [6.45, 7) is 4.36. The van der Waals surface area contributed by atoms with Crippen LogP contribution in [0.4, 0.5) is 0 Å². The molecule has 4 heteroatoms. The minimum absolute atomic E-state index is 0.0729. The van der Waals surface area contributed by atoms with Crippen LogP contribution in [-0.4, -0.2) is 16.3 Å². The summed E-state index contributed by atoms with van der Waals surface area (Å²) in [7, 11) is 0. The van der Waals surface area contributed by atoms with E-state index in [1.165, 1.54) is 0 Å². The molecule has 0 radical (unpaired) electrons. The average Bonchev–Trinajstić information content (AvgIpc) is 2.48. The number of hydrogen-bond acceptors (Lipinski definition) is 2. The maximum absolute atomic E-state index is 8.78. The van der Waals surface area contributed by atoms with E-state index in [0.717, 1.165) is 10.2 Å². The molecule has 1 heterocycles. The first-order valence-electron chi connectivity index (χ1n) is 4.80. The van der Waals surface area contributed by atoms with E-state index in [1.807, 2.05) is 12.3 Å². The van der Waals surface area contributed by atoms with Crippen LogP contribution in [0.2, 0.25) is 0 Å². The van der Waals surface area contributed by atoms with Crippen molar-refractivity contribution in [1.82, 2.24) is 4.57 Å². The second-order valence-corrected chi connectivity index (χ2v) is 4.53. The molecule has 3 N–H and O–H groups in total. The van der Waals surface area contributed by atoms with Crippen molar-refractivity contribution in [3.8, 4) is 0 Å². The van der Waals surface area contributed by atoms with Gasteiger partial charge in [-0.25, -0.2) is 0 Å². The zero-order chi connectivity index (χ0) is 10.7. The van der Waals surface area contributed by atoms with Crippen LogP contribution < -0.4 is 5.73 Å². The van der Waals surface area contributed by atoms with Gasteiger partial charge in [-0.15, -0.1) is 0 Å². The van der Waals surface area contributed by atoms with E-state index in [0.29, 0.717) is 12.5 Å². The van der Waals surface area contributed by atoms with Gasteiger partial charge >= 0.3 is 0 Å². The number of nitrogens with zero attached hydrogens (tertiary/aromatic N) is 1. The molecule has 1 aromatic heterocycles. The molecule has 1 atom stereocenters. The Balaban J connectivity index is 2.85. The Morgan fingerprint density at radius 3 is 2.64 bits per heavy atom. The second kappa shape index (κ2) is 4.96. The number of aliphatic hydroxyl groups excluding tert-OH is 1. The Labute approximate surface area is 93.0 Å². The van der Waals surface area contributed by atoms with Gasteiger partial charge in [-0.1, -0.05) is 0 Å². The Kier molecular flexibility index (Phi) is 4.16. The summed E-state index contributed by atoms with van der Waals surface area (Å²) in [6, 6.07) is 2.36. The maximum atomic E-state index is 8.78. The summed E-state index contributed by atoms with van der Waals surface area (Å²) in [5.74, 6) is 0. The highest BCUT2D eigenvalue weighted by Gasteiger charge is 2.11. The van der Waals surface area contributed by atoms with Crippen LogP contribution in [0.5, 0.6) is 0 Å². The molecular formula is C10H17BrN2O. The molecule has 0 fully saturated rings. The van der Waals surface area contributed by atoms with Gasteiger partial charge in [0.15, 0.2) is 0 Å². The smallest absolute Gasteiger partial charge is 0.0852 e. The first kappa shape index (κ1) is 11.8. The van der Waals surface area contributed by atoms with E-state index in [2.05, 4.69) is 34.3 Å². The Bertz CT molecular complexity index is 296. The molecular weight excluding hydrogens is 244 g/mol. The zero-order valence-corrected chi connectivity index (χ0v) is 10.2. The monoisotopic (exact) mass is 260 g/mol. The summed E-state index contributed by atoms with van der Waals surface area (Å²) < 4.78 is 3.16. The summed E-state index contributed by atoms with van der Waals surface area (Å²) in [4.78, 5) is 0. The molecule has 14 heavy (non-hydrogen) atoms. The lowest BCUT2D eigenvalue weighted by molar-refractivity contribution is 0.276. The molecule has 1 aromatic rings. The largest absolute Gasteiger partial charge is 0.396 e. The highest BCUT2D eigenvalue weighted by Crippen LogP contribution is 2.24. The summed E-state index contributed by atoms with van der Waals surface area (Å²) >= 11 is 3.48. The van der Waals surface area contributed by atoms with Crippen LogP contribution >= 0.6 is 15.9 Å². The van der Waals surface area contributed by atoms with Crippen LogP contribution in [0, 0.1) is 0 Å². The first-order chi connectivity index (χ1) is 6.56. The third-order valence-electron chi connectivity index (χ3n) is 2.25. The van der Waals surface area contributed by atoms with Gasteiger partial charge in [0.1, 0.15) is 0 Å². The van der Waals surface area contributed by atoms with Gasteiger partial charge in [-0.2, -0.15) is 0 Å². The normalized spacial score (nSPS) is 13.6. The minimum Gasteiger partial charge on any atom is -0.396 e. The Morgan fingerprint density at radius 1 is 1.57 bits per heavy atom. The predicted molar refractivity (Wildman–Crippen MR) is 61.1 cm³/mol. The van der Waals surface area contributed by atoms with Crippen LogP contribution in [0.25, 0.3) is 0 Å².